The summed E-state index contributed by atoms with van der Waals surface area (Å²) in [4.78, 5) is 21.5. The van der Waals surface area contributed by atoms with Gasteiger partial charge in [0.15, 0.2) is 0 Å². The first-order valence-corrected chi connectivity index (χ1v) is 10.3. The molecule has 1 aromatic carbocycles. The standard InChI is InChI=1S/C18H20F2N4O5S/c1-24-8-7-10-11(17(24)25)5-4-6-13(10)30(26,27)23-18-21-15(28-2)12(9-14(19)20)16(22-18)29-3/h4-6,14H,7-9H2,1-3H3,(H,21,22,23). The third-order valence-corrected chi connectivity index (χ3v) is 6.01. The van der Waals surface area contributed by atoms with E-state index >= 15 is 0 Å². The molecule has 9 nitrogen and oxygen atoms in total. The van der Waals surface area contributed by atoms with Gasteiger partial charge in [0, 0.05) is 25.6 Å². The average Bonchev–Trinajstić information content (AvgIpc) is 2.70. The lowest BCUT2D eigenvalue weighted by Gasteiger charge is -2.26. The van der Waals surface area contributed by atoms with Gasteiger partial charge in [-0.25, -0.2) is 21.9 Å². The molecule has 1 aromatic heterocycles. The first-order chi connectivity index (χ1) is 14.2. The SMILES string of the molecule is COc1nc(NS(=O)(=O)c2cccc3c2CCN(C)C3=O)nc(OC)c1CC(F)F. The molecule has 162 valence electrons. The van der Waals surface area contributed by atoms with E-state index in [1.54, 1.807) is 13.1 Å². The minimum absolute atomic E-state index is 0.0799. The van der Waals surface area contributed by atoms with Crippen LogP contribution in [0, 0.1) is 0 Å². The summed E-state index contributed by atoms with van der Waals surface area (Å²) in [5.74, 6) is -1.14. The van der Waals surface area contributed by atoms with Gasteiger partial charge in [-0.2, -0.15) is 9.97 Å². The molecule has 0 saturated heterocycles. The van der Waals surface area contributed by atoms with E-state index in [4.69, 9.17) is 9.47 Å². The van der Waals surface area contributed by atoms with Crippen molar-refractivity contribution >= 4 is 21.9 Å². The third-order valence-electron chi connectivity index (χ3n) is 4.60. The van der Waals surface area contributed by atoms with E-state index in [2.05, 4.69) is 14.7 Å². The Morgan fingerprint density at radius 1 is 1.20 bits per heavy atom. The van der Waals surface area contributed by atoms with Crippen LogP contribution in [0.4, 0.5) is 14.7 Å². The van der Waals surface area contributed by atoms with Crippen LogP contribution in [0.1, 0.15) is 21.5 Å². The predicted molar refractivity (Wildman–Crippen MR) is 103 cm³/mol. The summed E-state index contributed by atoms with van der Waals surface area (Å²) in [6.07, 6.45) is -3.07. The second-order valence-electron chi connectivity index (χ2n) is 6.50. The number of likely N-dealkylation sites (N-methyl/N-ethyl adjacent to an activating group) is 1. The highest BCUT2D eigenvalue weighted by Crippen LogP contribution is 2.31. The molecule has 12 heteroatoms. The Hall–Kier alpha value is -3.02. The molecule has 1 N–H and O–H groups in total. The number of carbonyl (C=O) groups is 1. The van der Waals surface area contributed by atoms with Gasteiger partial charge in [0.25, 0.3) is 15.9 Å². The number of nitrogens with zero attached hydrogens (tertiary/aromatic N) is 3. The molecular formula is C18H20F2N4O5S. The number of hydrogen-bond donors (Lipinski definition) is 1. The average molecular weight is 442 g/mol. The molecular weight excluding hydrogens is 422 g/mol. The predicted octanol–water partition coefficient (Wildman–Crippen LogP) is 1.73. The van der Waals surface area contributed by atoms with Gasteiger partial charge in [-0.3, -0.25) is 4.79 Å². The number of anilines is 1. The molecule has 0 atom stereocenters. The summed E-state index contributed by atoms with van der Waals surface area (Å²) in [7, 11) is -0.124. The van der Waals surface area contributed by atoms with Crippen molar-refractivity contribution in [3.63, 3.8) is 0 Å². The van der Waals surface area contributed by atoms with Crippen LogP contribution in [-0.4, -0.2) is 63.4 Å². The number of benzene rings is 1. The van der Waals surface area contributed by atoms with Gasteiger partial charge >= 0.3 is 0 Å². The van der Waals surface area contributed by atoms with Crippen molar-refractivity contribution in [1.82, 2.24) is 14.9 Å². The maximum atomic E-state index is 13.0. The Kier molecular flexibility index (Phi) is 6.06. The van der Waals surface area contributed by atoms with Gasteiger partial charge in [0.2, 0.25) is 24.1 Å². The lowest BCUT2D eigenvalue weighted by atomic mass is 9.99. The van der Waals surface area contributed by atoms with E-state index in [0.717, 1.165) is 0 Å². The van der Waals surface area contributed by atoms with Gasteiger partial charge in [-0.1, -0.05) is 6.07 Å². The molecule has 0 unspecified atom stereocenters. The molecule has 1 aliphatic rings. The van der Waals surface area contributed by atoms with Crippen molar-refractivity contribution in [3.8, 4) is 11.8 Å². The van der Waals surface area contributed by atoms with Crippen LogP contribution in [0.5, 0.6) is 11.8 Å². The second-order valence-corrected chi connectivity index (χ2v) is 8.15. The van der Waals surface area contributed by atoms with Crippen molar-refractivity contribution in [3.05, 3.63) is 34.9 Å². The van der Waals surface area contributed by atoms with E-state index in [-0.39, 0.29) is 28.1 Å². The van der Waals surface area contributed by atoms with Crippen LogP contribution < -0.4 is 14.2 Å². The smallest absolute Gasteiger partial charge is 0.264 e. The molecule has 0 radical (unpaired) electrons. The summed E-state index contributed by atoms with van der Waals surface area (Å²) in [6.45, 7) is 0.374. The Morgan fingerprint density at radius 2 is 1.83 bits per heavy atom. The number of sulfonamides is 1. The number of hydrogen-bond acceptors (Lipinski definition) is 7. The number of rotatable bonds is 7. The van der Waals surface area contributed by atoms with E-state index in [0.29, 0.717) is 24.1 Å². The number of amides is 1. The molecule has 1 aliphatic heterocycles. The van der Waals surface area contributed by atoms with Crippen LogP contribution in [-0.2, 0) is 22.9 Å². The first kappa shape index (κ1) is 21.7. The minimum Gasteiger partial charge on any atom is -0.481 e. The van der Waals surface area contributed by atoms with Crippen molar-refractivity contribution in [2.45, 2.75) is 24.2 Å². The lowest BCUT2D eigenvalue weighted by molar-refractivity contribution is 0.0780. The van der Waals surface area contributed by atoms with Crippen LogP contribution in [0.25, 0.3) is 0 Å². The number of carbonyl (C=O) groups excluding carboxylic acids is 1. The van der Waals surface area contributed by atoms with E-state index in [9.17, 15) is 22.0 Å². The highest BCUT2D eigenvalue weighted by atomic mass is 32.2. The second kappa shape index (κ2) is 8.38. The summed E-state index contributed by atoms with van der Waals surface area (Å²) < 4.78 is 64.0. The fourth-order valence-electron chi connectivity index (χ4n) is 3.19. The zero-order valence-corrected chi connectivity index (χ0v) is 17.3. The maximum absolute atomic E-state index is 13.0. The number of halogens is 2. The van der Waals surface area contributed by atoms with Gasteiger partial charge in [-0.05, 0) is 24.1 Å². The number of nitrogens with one attached hydrogen (secondary N) is 1. The Balaban J connectivity index is 2.02. The molecule has 1 amide bonds. The van der Waals surface area contributed by atoms with Crippen molar-refractivity contribution < 1.29 is 31.5 Å². The topological polar surface area (TPSA) is 111 Å². The molecule has 0 fully saturated rings. The molecule has 30 heavy (non-hydrogen) atoms. The number of fused-ring (bicyclic) bond motifs is 1. The zero-order valence-electron chi connectivity index (χ0n) is 16.5. The monoisotopic (exact) mass is 442 g/mol. The third kappa shape index (κ3) is 4.13. The van der Waals surface area contributed by atoms with Gasteiger partial charge < -0.3 is 14.4 Å². The number of ether oxygens (including phenoxy) is 2. The normalized spacial score (nSPS) is 13.9. The summed E-state index contributed by atoms with van der Waals surface area (Å²) in [5.41, 5.74) is 0.611. The fourth-order valence-corrected chi connectivity index (χ4v) is 4.43. The Labute approximate surface area is 172 Å². The van der Waals surface area contributed by atoms with Gasteiger partial charge in [0.1, 0.15) is 0 Å². The number of methoxy groups -OCH3 is 2. The number of aromatic nitrogens is 2. The number of alkyl halides is 2. The van der Waals surface area contributed by atoms with E-state index < -0.39 is 28.8 Å². The molecule has 0 spiro atoms. The molecule has 2 heterocycles. The van der Waals surface area contributed by atoms with Crippen LogP contribution in [0.3, 0.4) is 0 Å². The first-order valence-electron chi connectivity index (χ1n) is 8.85. The highest BCUT2D eigenvalue weighted by Gasteiger charge is 2.29. The quantitative estimate of drug-likeness (QED) is 0.695. The Morgan fingerprint density at radius 3 is 2.40 bits per heavy atom. The van der Waals surface area contributed by atoms with E-state index in [1.165, 1.54) is 31.3 Å². The molecule has 2 aromatic rings. The molecule has 0 aliphatic carbocycles. The molecule has 3 rings (SSSR count). The van der Waals surface area contributed by atoms with Gasteiger partial charge in [-0.15, -0.1) is 0 Å². The van der Waals surface area contributed by atoms with Crippen LogP contribution in [0.15, 0.2) is 23.1 Å². The van der Waals surface area contributed by atoms with Crippen molar-refractivity contribution in [1.29, 1.82) is 0 Å². The minimum atomic E-state index is -4.19. The Bertz CT molecular complexity index is 1050. The fraction of sp³-hybridized carbons (Fsp3) is 0.389. The lowest BCUT2D eigenvalue weighted by Crippen LogP contribution is -2.35. The van der Waals surface area contributed by atoms with Crippen LogP contribution in [0.2, 0.25) is 0 Å². The van der Waals surface area contributed by atoms with Crippen molar-refractivity contribution in [2.24, 2.45) is 0 Å². The zero-order chi connectivity index (χ0) is 22.1. The highest BCUT2D eigenvalue weighted by molar-refractivity contribution is 7.92. The molecule has 0 saturated carbocycles. The largest absolute Gasteiger partial charge is 0.481 e. The molecule has 0 bridgehead atoms. The maximum Gasteiger partial charge on any atom is 0.264 e. The summed E-state index contributed by atoms with van der Waals surface area (Å²) in [5, 5.41) is 0. The van der Waals surface area contributed by atoms with Gasteiger partial charge in [0.05, 0.1) is 24.7 Å². The summed E-state index contributed by atoms with van der Waals surface area (Å²) in [6, 6.07) is 4.41. The van der Waals surface area contributed by atoms with Crippen molar-refractivity contribution in [2.75, 3.05) is 32.5 Å². The van der Waals surface area contributed by atoms with Crippen LogP contribution >= 0.6 is 0 Å². The summed E-state index contributed by atoms with van der Waals surface area (Å²) >= 11 is 0. The van der Waals surface area contributed by atoms with E-state index in [1.807, 2.05) is 0 Å².